The molecule has 0 radical (unpaired) electrons. The van der Waals surface area contributed by atoms with Crippen molar-refractivity contribution in [3.8, 4) is 0 Å². The lowest BCUT2D eigenvalue weighted by molar-refractivity contribution is 0.0580. The molecule has 0 aromatic rings. The molecule has 0 saturated heterocycles. The molecule has 0 aromatic carbocycles. The van der Waals surface area contributed by atoms with Gasteiger partial charge in [-0.2, -0.15) is 0 Å². The van der Waals surface area contributed by atoms with Crippen molar-refractivity contribution in [2.24, 2.45) is 0 Å². The van der Waals surface area contributed by atoms with Gasteiger partial charge >= 0.3 is 0 Å². The third-order valence-electron chi connectivity index (χ3n) is 2.20. The van der Waals surface area contributed by atoms with Gasteiger partial charge in [-0.1, -0.05) is 13.8 Å². The number of hydrogen-bond donors (Lipinski definition) is 0. The van der Waals surface area contributed by atoms with Crippen molar-refractivity contribution in [1.82, 2.24) is 4.90 Å². The monoisotopic (exact) mass is 173 g/mol. The predicted molar refractivity (Wildman–Crippen MR) is 53.5 cm³/mol. The fraction of sp³-hybridized carbons (Fsp3) is 1.00. The minimum atomic E-state index is 0.428. The van der Waals surface area contributed by atoms with E-state index in [1.54, 1.807) is 0 Å². The zero-order chi connectivity index (χ0) is 9.40. The molecular formula is C10H23NO. The van der Waals surface area contributed by atoms with Crippen molar-refractivity contribution < 1.29 is 4.74 Å². The van der Waals surface area contributed by atoms with Crippen molar-refractivity contribution in [3.05, 3.63) is 0 Å². The van der Waals surface area contributed by atoms with E-state index < -0.39 is 0 Å². The summed E-state index contributed by atoms with van der Waals surface area (Å²) in [5.74, 6) is 0. The molecular weight excluding hydrogens is 150 g/mol. The Morgan fingerprint density at radius 1 is 1.33 bits per heavy atom. The van der Waals surface area contributed by atoms with Crippen LogP contribution in [0.4, 0.5) is 0 Å². The first-order valence-corrected chi connectivity index (χ1v) is 5.00. The molecule has 0 aliphatic rings. The summed E-state index contributed by atoms with van der Waals surface area (Å²) in [5.41, 5.74) is 0. The second kappa shape index (κ2) is 7.56. The van der Waals surface area contributed by atoms with E-state index in [0.29, 0.717) is 6.10 Å². The van der Waals surface area contributed by atoms with Crippen LogP contribution in [0.25, 0.3) is 0 Å². The Hall–Kier alpha value is -0.0800. The molecule has 2 heteroatoms. The van der Waals surface area contributed by atoms with Crippen LogP contribution in [0, 0.1) is 0 Å². The smallest absolute Gasteiger partial charge is 0.0544 e. The topological polar surface area (TPSA) is 12.5 Å². The van der Waals surface area contributed by atoms with Crippen molar-refractivity contribution in [2.45, 2.75) is 39.7 Å². The van der Waals surface area contributed by atoms with Crippen LogP contribution >= 0.6 is 0 Å². The van der Waals surface area contributed by atoms with Crippen molar-refractivity contribution in [1.29, 1.82) is 0 Å². The average Bonchev–Trinajstić information content (AvgIpc) is 2.11. The minimum absolute atomic E-state index is 0.428. The highest BCUT2D eigenvalue weighted by atomic mass is 16.5. The maximum absolute atomic E-state index is 5.56. The van der Waals surface area contributed by atoms with Crippen LogP contribution in [-0.4, -0.2) is 37.7 Å². The van der Waals surface area contributed by atoms with Gasteiger partial charge in [0.05, 0.1) is 6.10 Å². The Kier molecular flexibility index (Phi) is 7.51. The lowest BCUT2D eigenvalue weighted by Crippen LogP contribution is -2.20. The van der Waals surface area contributed by atoms with E-state index in [-0.39, 0.29) is 0 Å². The SMILES string of the molecule is CCC(C)OCCCN(C)CC. The lowest BCUT2D eigenvalue weighted by Gasteiger charge is -2.15. The first-order chi connectivity index (χ1) is 5.70. The normalized spacial score (nSPS) is 13.8. The van der Waals surface area contributed by atoms with Crippen LogP contribution in [0.5, 0.6) is 0 Å². The molecule has 1 unspecified atom stereocenters. The van der Waals surface area contributed by atoms with Gasteiger partial charge in [-0.05, 0) is 33.4 Å². The molecule has 0 amide bonds. The second-order valence-corrected chi connectivity index (χ2v) is 3.34. The maximum atomic E-state index is 5.56. The molecule has 0 aromatic heterocycles. The van der Waals surface area contributed by atoms with E-state index in [1.165, 1.54) is 0 Å². The third-order valence-corrected chi connectivity index (χ3v) is 2.20. The van der Waals surface area contributed by atoms with Gasteiger partial charge in [0, 0.05) is 13.2 Å². The number of hydrogen-bond acceptors (Lipinski definition) is 2. The van der Waals surface area contributed by atoms with Crippen molar-refractivity contribution in [3.63, 3.8) is 0 Å². The summed E-state index contributed by atoms with van der Waals surface area (Å²) in [4.78, 5) is 2.31. The Bertz CT molecular complexity index is 83.8. The molecule has 0 bridgehead atoms. The summed E-state index contributed by atoms with van der Waals surface area (Å²) in [7, 11) is 2.14. The quantitative estimate of drug-likeness (QED) is 0.547. The van der Waals surface area contributed by atoms with Crippen LogP contribution in [0.3, 0.4) is 0 Å². The summed E-state index contributed by atoms with van der Waals surface area (Å²) in [6.45, 7) is 9.64. The van der Waals surface area contributed by atoms with Gasteiger partial charge in [0.2, 0.25) is 0 Å². The maximum Gasteiger partial charge on any atom is 0.0544 e. The summed E-state index contributed by atoms with van der Waals surface area (Å²) < 4.78 is 5.56. The Balaban J connectivity index is 3.10. The molecule has 0 aliphatic heterocycles. The Morgan fingerprint density at radius 2 is 2.00 bits per heavy atom. The van der Waals surface area contributed by atoms with E-state index in [9.17, 15) is 0 Å². The van der Waals surface area contributed by atoms with Crippen LogP contribution in [0.2, 0.25) is 0 Å². The highest BCUT2D eigenvalue weighted by molar-refractivity contribution is 4.49. The van der Waals surface area contributed by atoms with Crippen molar-refractivity contribution in [2.75, 3.05) is 26.7 Å². The van der Waals surface area contributed by atoms with E-state index in [2.05, 4.69) is 32.7 Å². The van der Waals surface area contributed by atoms with Gasteiger partial charge in [-0.25, -0.2) is 0 Å². The molecule has 0 saturated carbocycles. The molecule has 74 valence electrons. The summed E-state index contributed by atoms with van der Waals surface area (Å²) >= 11 is 0. The highest BCUT2D eigenvalue weighted by Crippen LogP contribution is 1.97. The third kappa shape index (κ3) is 6.62. The Labute approximate surface area is 76.9 Å². The van der Waals surface area contributed by atoms with Gasteiger partial charge in [-0.15, -0.1) is 0 Å². The molecule has 0 fully saturated rings. The predicted octanol–water partition coefficient (Wildman–Crippen LogP) is 2.14. The second-order valence-electron chi connectivity index (χ2n) is 3.34. The summed E-state index contributed by atoms with van der Waals surface area (Å²) in [6.07, 6.45) is 2.69. The fourth-order valence-electron chi connectivity index (χ4n) is 0.895. The van der Waals surface area contributed by atoms with Gasteiger partial charge in [0.25, 0.3) is 0 Å². The van der Waals surface area contributed by atoms with Crippen molar-refractivity contribution >= 4 is 0 Å². The molecule has 12 heavy (non-hydrogen) atoms. The van der Waals surface area contributed by atoms with Gasteiger partial charge in [0.15, 0.2) is 0 Å². The Morgan fingerprint density at radius 3 is 2.50 bits per heavy atom. The highest BCUT2D eigenvalue weighted by Gasteiger charge is 1.98. The lowest BCUT2D eigenvalue weighted by atomic mass is 10.3. The molecule has 0 spiro atoms. The molecule has 0 heterocycles. The van der Waals surface area contributed by atoms with E-state index in [4.69, 9.17) is 4.74 Å². The van der Waals surface area contributed by atoms with Gasteiger partial charge in [0.1, 0.15) is 0 Å². The number of rotatable bonds is 7. The van der Waals surface area contributed by atoms with E-state index in [1.807, 2.05) is 0 Å². The first kappa shape index (κ1) is 11.9. The van der Waals surface area contributed by atoms with Crippen LogP contribution in [0.1, 0.15) is 33.6 Å². The largest absolute Gasteiger partial charge is 0.378 e. The van der Waals surface area contributed by atoms with E-state index in [0.717, 1.165) is 32.5 Å². The summed E-state index contributed by atoms with van der Waals surface area (Å²) in [5, 5.41) is 0. The molecule has 0 N–H and O–H groups in total. The van der Waals surface area contributed by atoms with Crippen LogP contribution < -0.4 is 0 Å². The molecule has 0 aliphatic carbocycles. The molecule has 1 atom stereocenters. The molecule has 0 rings (SSSR count). The number of ether oxygens (including phenoxy) is 1. The average molecular weight is 173 g/mol. The van der Waals surface area contributed by atoms with Crippen LogP contribution in [-0.2, 0) is 4.74 Å². The van der Waals surface area contributed by atoms with Gasteiger partial charge in [-0.3, -0.25) is 0 Å². The van der Waals surface area contributed by atoms with Crippen LogP contribution in [0.15, 0.2) is 0 Å². The fourth-order valence-corrected chi connectivity index (χ4v) is 0.895. The van der Waals surface area contributed by atoms with E-state index >= 15 is 0 Å². The standard InChI is InChI=1S/C10H23NO/c1-5-10(3)12-9-7-8-11(4)6-2/h10H,5-9H2,1-4H3. The zero-order valence-electron chi connectivity index (χ0n) is 8.97. The first-order valence-electron chi connectivity index (χ1n) is 5.00. The zero-order valence-corrected chi connectivity index (χ0v) is 8.97. The number of nitrogens with zero attached hydrogens (tertiary/aromatic N) is 1. The minimum Gasteiger partial charge on any atom is -0.378 e. The summed E-state index contributed by atoms with van der Waals surface area (Å²) in [6, 6.07) is 0. The molecule has 2 nitrogen and oxygen atoms in total. The van der Waals surface area contributed by atoms with Gasteiger partial charge < -0.3 is 9.64 Å².